The number of carbonyl (C=O) groups is 1. The van der Waals surface area contributed by atoms with Crippen LogP contribution in [0.25, 0.3) is 0 Å². The van der Waals surface area contributed by atoms with Gasteiger partial charge in [-0.25, -0.2) is 0 Å². The van der Waals surface area contributed by atoms with Crippen LogP contribution in [0.1, 0.15) is 26.2 Å². The van der Waals surface area contributed by atoms with Gasteiger partial charge in [0.15, 0.2) is 0 Å². The maximum Gasteiger partial charge on any atom is 0.129 e. The molecule has 0 N–H and O–H groups in total. The molecule has 98 valence electrons. The van der Waals surface area contributed by atoms with Crippen molar-refractivity contribution in [3.8, 4) is 0 Å². The van der Waals surface area contributed by atoms with Gasteiger partial charge in [0.2, 0.25) is 0 Å². The van der Waals surface area contributed by atoms with Crippen LogP contribution in [0, 0.1) is 0 Å². The Labute approximate surface area is 104 Å². The zero-order valence-electron chi connectivity index (χ0n) is 10.9. The first-order valence-corrected chi connectivity index (χ1v) is 6.79. The van der Waals surface area contributed by atoms with Crippen LogP contribution in [-0.2, 0) is 9.53 Å². The zero-order valence-corrected chi connectivity index (χ0v) is 10.9. The average Bonchev–Trinajstić information content (AvgIpc) is 2.78. The maximum absolute atomic E-state index is 10.9. The molecule has 1 atom stereocenters. The molecule has 2 fully saturated rings. The van der Waals surface area contributed by atoms with Crippen LogP contribution in [-0.4, -0.2) is 67.6 Å². The molecule has 2 aliphatic rings. The van der Waals surface area contributed by atoms with Gasteiger partial charge in [-0.15, -0.1) is 0 Å². The van der Waals surface area contributed by atoms with Crippen molar-refractivity contribution < 1.29 is 9.53 Å². The lowest BCUT2D eigenvalue weighted by Crippen LogP contribution is -2.44. The van der Waals surface area contributed by atoms with E-state index in [1.165, 1.54) is 19.5 Å². The molecular formula is C13H24N2O2. The Hall–Kier alpha value is -0.450. The topological polar surface area (TPSA) is 32.8 Å². The largest absolute Gasteiger partial charge is 0.379 e. The Balaban J connectivity index is 1.66. The number of hydrogen-bond acceptors (Lipinski definition) is 4. The van der Waals surface area contributed by atoms with E-state index in [9.17, 15) is 4.79 Å². The van der Waals surface area contributed by atoms with Crippen molar-refractivity contribution in [2.24, 2.45) is 0 Å². The molecule has 0 aliphatic carbocycles. The summed E-state index contributed by atoms with van der Waals surface area (Å²) in [4.78, 5) is 16.0. The number of nitrogens with zero attached hydrogens (tertiary/aromatic N) is 2. The summed E-state index contributed by atoms with van der Waals surface area (Å²) < 4.78 is 5.38. The predicted molar refractivity (Wildman–Crippen MR) is 67.2 cm³/mol. The van der Waals surface area contributed by atoms with Crippen LogP contribution in [0.2, 0.25) is 0 Å². The van der Waals surface area contributed by atoms with Crippen LogP contribution in [0.5, 0.6) is 0 Å². The Morgan fingerprint density at radius 2 is 2.06 bits per heavy atom. The van der Waals surface area contributed by atoms with Gasteiger partial charge in [-0.2, -0.15) is 0 Å². The van der Waals surface area contributed by atoms with Crippen LogP contribution >= 0.6 is 0 Å². The lowest BCUT2D eigenvalue weighted by atomic mass is 10.2. The Kier molecular flexibility index (Phi) is 4.95. The first-order chi connectivity index (χ1) is 8.25. The fourth-order valence-electron chi connectivity index (χ4n) is 2.81. The summed E-state index contributed by atoms with van der Waals surface area (Å²) in [5.41, 5.74) is 0. The van der Waals surface area contributed by atoms with E-state index in [2.05, 4.69) is 9.80 Å². The van der Waals surface area contributed by atoms with Crippen molar-refractivity contribution in [3.05, 3.63) is 0 Å². The third-order valence-electron chi connectivity index (χ3n) is 3.81. The Morgan fingerprint density at radius 1 is 1.29 bits per heavy atom. The second-order valence-electron chi connectivity index (χ2n) is 5.20. The minimum Gasteiger partial charge on any atom is -0.379 e. The molecule has 17 heavy (non-hydrogen) atoms. The monoisotopic (exact) mass is 240 g/mol. The average molecular weight is 240 g/mol. The molecule has 0 saturated carbocycles. The minimum absolute atomic E-state index is 0.314. The lowest BCUT2D eigenvalue weighted by Gasteiger charge is -2.32. The number of hydrogen-bond donors (Lipinski definition) is 0. The molecule has 2 saturated heterocycles. The summed E-state index contributed by atoms with van der Waals surface area (Å²) in [5.74, 6) is 0.314. The van der Waals surface area contributed by atoms with E-state index < -0.39 is 0 Å². The van der Waals surface area contributed by atoms with E-state index in [1.807, 2.05) is 0 Å². The summed E-state index contributed by atoms with van der Waals surface area (Å²) >= 11 is 0. The van der Waals surface area contributed by atoms with E-state index in [0.717, 1.165) is 51.7 Å². The van der Waals surface area contributed by atoms with E-state index in [-0.39, 0.29) is 0 Å². The number of ether oxygens (including phenoxy) is 1. The molecule has 0 aromatic carbocycles. The van der Waals surface area contributed by atoms with E-state index in [0.29, 0.717) is 5.78 Å². The molecule has 4 nitrogen and oxygen atoms in total. The number of rotatable bonds is 5. The van der Waals surface area contributed by atoms with Gasteiger partial charge in [-0.3, -0.25) is 4.90 Å². The maximum atomic E-state index is 10.9. The highest BCUT2D eigenvalue weighted by Crippen LogP contribution is 2.17. The summed E-state index contributed by atoms with van der Waals surface area (Å²) in [6.07, 6.45) is 3.03. The highest BCUT2D eigenvalue weighted by Gasteiger charge is 2.28. The Bertz CT molecular complexity index is 252. The van der Waals surface area contributed by atoms with Crippen molar-refractivity contribution >= 4 is 5.78 Å². The van der Waals surface area contributed by atoms with Gasteiger partial charge in [-0.05, 0) is 32.9 Å². The number of morpholine rings is 1. The van der Waals surface area contributed by atoms with Crippen molar-refractivity contribution in [3.63, 3.8) is 0 Å². The van der Waals surface area contributed by atoms with Crippen LogP contribution in [0.15, 0.2) is 0 Å². The highest BCUT2D eigenvalue weighted by atomic mass is 16.5. The number of ketones is 1. The molecule has 4 heteroatoms. The number of likely N-dealkylation sites (tertiary alicyclic amines) is 1. The molecular weight excluding hydrogens is 216 g/mol. The third-order valence-corrected chi connectivity index (χ3v) is 3.81. The highest BCUT2D eigenvalue weighted by molar-refractivity contribution is 5.75. The summed E-state index contributed by atoms with van der Waals surface area (Å²) in [7, 11) is 0. The van der Waals surface area contributed by atoms with Gasteiger partial charge in [0, 0.05) is 32.1 Å². The summed E-state index contributed by atoms with van der Waals surface area (Å²) in [6.45, 7) is 9.10. The molecule has 1 unspecified atom stereocenters. The second-order valence-corrected chi connectivity index (χ2v) is 5.20. The van der Waals surface area contributed by atoms with Crippen LogP contribution < -0.4 is 0 Å². The van der Waals surface area contributed by atoms with E-state index in [1.54, 1.807) is 6.92 Å². The molecule has 0 aromatic rings. The van der Waals surface area contributed by atoms with Gasteiger partial charge in [0.05, 0.1) is 13.2 Å². The molecule has 0 amide bonds. The van der Waals surface area contributed by atoms with Crippen molar-refractivity contribution in [1.29, 1.82) is 0 Å². The van der Waals surface area contributed by atoms with Gasteiger partial charge >= 0.3 is 0 Å². The van der Waals surface area contributed by atoms with Crippen molar-refractivity contribution in [2.75, 3.05) is 45.9 Å². The van der Waals surface area contributed by atoms with Crippen molar-refractivity contribution in [2.45, 2.75) is 32.2 Å². The quantitative estimate of drug-likeness (QED) is 0.710. The molecule has 2 rings (SSSR count). The molecule has 2 aliphatic heterocycles. The molecule has 0 radical (unpaired) electrons. The third kappa shape index (κ3) is 4.05. The SMILES string of the molecule is CC(=O)CCCN1CCC(N2CCOCC2)C1. The summed E-state index contributed by atoms with van der Waals surface area (Å²) in [5, 5.41) is 0. The standard InChI is InChI=1S/C13H24N2O2/c1-12(16)3-2-5-14-6-4-13(11-14)15-7-9-17-10-8-15/h13H,2-11H2,1H3. The van der Waals surface area contributed by atoms with Crippen molar-refractivity contribution in [1.82, 2.24) is 9.80 Å². The summed E-state index contributed by atoms with van der Waals surface area (Å²) in [6, 6.07) is 0.719. The molecule has 0 aromatic heterocycles. The van der Waals surface area contributed by atoms with Crippen LogP contribution in [0.4, 0.5) is 0 Å². The van der Waals surface area contributed by atoms with E-state index >= 15 is 0 Å². The molecule has 2 heterocycles. The first-order valence-electron chi connectivity index (χ1n) is 6.79. The first kappa shape index (κ1) is 13.0. The predicted octanol–water partition coefficient (Wildman–Crippen LogP) is 0.762. The van der Waals surface area contributed by atoms with Gasteiger partial charge < -0.3 is 14.4 Å². The Morgan fingerprint density at radius 3 is 2.76 bits per heavy atom. The van der Waals surface area contributed by atoms with Crippen LogP contribution in [0.3, 0.4) is 0 Å². The van der Waals surface area contributed by atoms with Gasteiger partial charge in [0.25, 0.3) is 0 Å². The van der Waals surface area contributed by atoms with E-state index in [4.69, 9.17) is 4.74 Å². The molecule has 0 spiro atoms. The lowest BCUT2D eigenvalue weighted by molar-refractivity contribution is -0.117. The second kappa shape index (κ2) is 6.47. The molecule has 0 bridgehead atoms. The fraction of sp³-hybridized carbons (Fsp3) is 0.923. The minimum atomic E-state index is 0.314. The fourth-order valence-corrected chi connectivity index (χ4v) is 2.81. The number of carbonyl (C=O) groups excluding carboxylic acids is 1. The van der Waals surface area contributed by atoms with Gasteiger partial charge in [0.1, 0.15) is 5.78 Å². The smallest absolute Gasteiger partial charge is 0.129 e. The zero-order chi connectivity index (χ0) is 12.1. The normalized spacial score (nSPS) is 27.5. The number of Topliss-reactive ketones (excluding diaryl/α,β-unsaturated/α-hetero) is 1. The van der Waals surface area contributed by atoms with Gasteiger partial charge in [-0.1, -0.05) is 0 Å².